The highest BCUT2D eigenvalue weighted by atomic mass is 16.5. The van der Waals surface area contributed by atoms with Gasteiger partial charge in [-0.25, -0.2) is 4.79 Å². The number of ether oxygens (including phenoxy) is 1. The number of amides is 11. The molecule has 0 unspecified atom stereocenters. The molecule has 516 valence electrons. The van der Waals surface area contributed by atoms with Crippen molar-refractivity contribution in [3.05, 3.63) is 151 Å². The van der Waals surface area contributed by atoms with E-state index in [-0.39, 0.29) is 83.7 Å². The Labute approximate surface area is 571 Å². The van der Waals surface area contributed by atoms with Crippen molar-refractivity contribution in [2.24, 2.45) is 11.8 Å². The molecule has 6 aromatic carbocycles. The number of carbonyl (C=O) groups is 11. The van der Waals surface area contributed by atoms with Crippen molar-refractivity contribution in [3.63, 3.8) is 0 Å². The first-order chi connectivity index (χ1) is 47.1. The van der Waals surface area contributed by atoms with E-state index in [0.717, 1.165) is 40.3 Å². The summed E-state index contributed by atoms with van der Waals surface area (Å²) in [7, 11) is 1.25. The highest BCUT2D eigenvalue weighted by Crippen LogP contribution is 2.31. The zero-order valence-corrected chi connectivity index (χ0v) is 56.7. The predicted octanol–water partition coefficient (Wildman–Crippen LogP) is 9.75. The lowest BCUT2D eigenvalue weighted by atomic mass is 10.0. The molecule has 23 heteroatoms. The third-order valence-electron chi connectivity index (χ3n) is 18.3. The Morgan fingerprint density at radius 1 is 0.429 bits per heavy atom. The molecule has 0 spiro atoms. The molecule has 7 N–H and O–H groups in total. The Bertz CT molecular complexity index is 3880. The maximum Gasteiger partial charge on any atom is 0.407 e. The Balaban J connectivity index is 0.000000230. The van der Waals surface area contributed by atoms with Crippen LogP contribution in [-0.2, 0) is 54.3 Å². The van der Waals surface area contributed by atoms with E-state index in [1.54, 1.807) is 75.1 Å². The third-order valence-corrected chi connectivity index (χ3v) is 18.3. The Kier molecular flexibility index (Phi) is 24.5. The van der Waals surface area contributed by atoms with Gasteiger partial charge in [-0.05, 0) is 170 Å². The minimum atomic E-state index is -0.789. The summed E-state index contributed by atoms with van der Waals surface area (Å²) in [5.41, 5.74) is 6.11. The maximum atomic E-state index is 13.3. The number of nitrogens with one attached hydrogen (secondary N) is 7. The quantitative estimate of drug-likeness (QED) is 0.0354. The van der Waals surface area contributed by atoms with Gasteiger partial charge in [-0.2, -0.15) is 0 Å². The number of carbonyl (C=O) groups excluding carboxylic acids is 11. The number of rotatable bonds is 21. The van der Waals surface area contributed by atoms with E-state index < -0.39 is 42.3 Å². The molecule has 4 aliphatic rings. The molecule has 6 atom stereocenters. The van der Waals surface area contributed by atoms with E-state index >= 15 is 0 Å². The van der Waals surface area contributed by atoms with E-state index in [9.17, 15) is 52.7 Å². The molecule has 0 aromatic heterocycles. The second-order valence-corrected chi connectivity index (χ2v) is 25.8. The van der Waals surface area contributed by atoms with E-state index in [0.29, 0.717) is 105 Å². The lowest BCUT2D eigenvalue weighted by Crippen LogP contribution is -2.54. The second kappa shape index (κ2) is 33.5. The maximum absolute atomic E-state index is 13.3. The van der Waals surface area contributed by atoms with Crippen LogP contribution in [0.5, 0.6) is 0 Å². The molecule has 10 rings (SSSR count). The number of anilines is 5. The van der Waals surface area contributed by atoms with Crippen molar-refractivity contribution in [3.8, 4) is 11.1 Å². The van der Waals surface area contributed by atoms with Gasteiger partial charge in [0, 0.05) is 73.0 Å². The molecular formula is C75H89N11O12. The summed E-state index contributed by atoms with van der Waals surface area (Å²) in [4.78, 5) is 148. The summed E-state index contributed by atoms with van der Waals surface area (Å²) in [6.45, 7) is 13.0. The average molecular weight is 1340 g/mol. The number of nitrogens with zero attached hydrogens (tertiary/aromatic N) is 4. The highest BCUT2D eigenvalue weighted by Gasteiger charge is 2.41. The zero-order chi connectivity index (χ0) is 70.2. The van der Waals surface area contributed by atoms with E-state index in [1.165, 1.54) is 7.11 Å². The Morgan fingerprint density at radius 3 is 1.31 bits per heavy atom. The fourth-order valence-corrected chi connectivity index (χ4v) is 12.9. The SMILES string of the molecule is CCC(=O)N1CCC[C@H]1C(=O)Nc1ccc2cc(-c3ccc(NC(=O)[C@@H]4CCCN4C(=O)[C@@H](NC(=O)OC)C(C)C)cc3)ccc2c1.CCC(=O)N[C@H](C(=O)N1CCC[C@H]1C(=O)Nc1ccc(C(=O)Nc2ccc(NC(=O)[C@@H]3CCCN3C(=O)Cc3ccccc3)cc2)cc1)C(C)C. The molecule has 0 saturated carbocycles. The molecule has 4 fully saturated rings. The van der Waals surface area contributed by atoms with Crippen molar-refractivity contribution in [1.82, 2.24) is 30.2 Å². The van der Waals surface area contributed by atoms with Crippen LogP contribution < -0.4 is 37.2 Å². The number of benzene rings is 6. The van der Waals surface area contributed by atoms with E-state index in [4.69, 9.17) is 0 Å². The fraction of sp³-hybridized carbons (Fsp3) is 0.400. The largest absolute Gasteiger partial charge is 0.453 e. The minimum Gasteiger partial charge on any atom is -0.453 e. The summed E-state index contributed by atoms with van der Waals surface area (Å²) in [5, 5.41) is 21.9. The monoisotopic (exact) mass is 1340 g/mol. The van der Waals surface area contributed by atoms with Crippen molar-refractivity contribution in [2.75, 3.05) is 59.9 Å². The van der Waals surface area contributed by atoms with Crippen LogP contribution in [-0.4, -0.2) is 154 Å². The molecule has 0 radical (unpaired) electrons. The second-order valence-electron chi connectivity index (χ2n) is 25.8. The van der Waals surface area contributed by atoms with Crippen molar-refractivity contribution in [1.29, 1.82) is 0 Å². The number of likely N-dealkylation sites (tertiary alicyclic amines) is 4. The Hall–Kier alpha value is -10.5. The van der Waals surface area contributed by atoms with Crippen LogP contribution in [0.25, 0.3) is 21.9 Å². The minimum absolute atomic E-state index is 0.00249. The molecule has 4 heterocycles. The zero-order valence-electron chi connectivity index (χ0n) is 56.7. The van der Waals surface area contributed by atoms with Gasteiger partial charge in [-0.1, -0.05) is 102 Å². The summed E-state index contributed by atoms with van der Waals surface area (Å²) in [5.74, 6) is -2.51. The average Bonchev–Trinajstić information content (AvgIpc) is 1.27. The summed E-state index contributed by atoms with van der Waals surface area (Å²) in [6, 6.07) is 38.3. The molecule has 6 aromatic rings. The van der Waals surface area contributed by atoms with E-state index in [1.807, 2.05) is 120 Å². The number of alkyl carbamates (subject to hydrolysis) is 1. The molecule has 98 heavy (non-hydrogen) atoms. The van der Waals surface area contributed by atoms with Gasteiger partial charge in [0.05, 0.1) is 13.5 Å². The highest BCUT2D eigenvalue weighted by molar-refractivity contribution is 6.06. The van der Waals surface area contributed by atoms with Gasteiger partial charge in [0.1, 0.15) is 36.3 Å². The first-order valence-electron chi connectivity index (χ1n) is 33.9. The molecule has 0 bridgehead atoms. The number of hydrogen-bond donors (Lipinski definition) is 7. The van der Waals surface area contributed by atoms with Crippen molar-refractivity contribution < 1.29 is 57.5 Å². The summed E-state index contributed by atoms with van der Waals surface area (Å²) < 4.78 is 4.68. The van der Waals surface area contributed by atoms with Gasteiger partial charge in [-0.3, -0.25) is 47.9 Å². The number of hydrogen-bond acceptors (Lipinski definition) is 12. The van der Waals surface area contributed by atoms with Crippen molar-refractivity contribution >= 4 is 104 Å². The number of fused-ring (bicyclic) bond motifs is 1. The lowest BCUT2D eigenvalue weighted by molar-refractivity contribution is -0.141. The van der Waals surface area contributed by atoms with Crippen LogP contribution in [0.4, 0.5) is 33.2 Å². The predicted molar refractivity (Wildman–Crippen MR) is 375 cm³/mol. The standard InChI is InChI=1S/C39H46N6O6.C36H43N5O6/c1-4-33(46)43-35(25(2)3)39(51)45-23-9-13-32(45)38(50)41-28-16-14-27(15-17-28)36(48)40-29-18-20-30(21-19-29)42-37(49)31-12-8-22-44(31)34(47)24-26-10-6-5-7-11-26;1-5-31(42)40-18-6-8-29(40)33(43)38-28-17-14-25-20-24(10-11-26(25)21-28)23-12-15-27(16-13-23)37-34(44)30-9-7-19-41(30)35(45)32(22(2)3)39-36(46)47-4/h5-7,10-11,14-21,25,31-32,35H,4,8-9,12-13,22-24H2,1-3H3,(H,40,48)(H,41,50)(H,42,49)(H,43,46);10-17,20-22,29-30,32H,5-9,18-19H2,1-4H3,(H,37,44)(H,38,43)(H,39,46)/t31-,32-,35-;29-,30-,32-/m00/s1. The van der Waals surface area contributed by atoms with E-state index in [2.05, 4.69) is 48.0 Å². The van der Waals surface area contributed by atoms with Crippen LogP contribution in [0.3, 0.4) is 0 Å². The molecule has 4 aliphatic heterocycles. The molecule has 23 nitrogen and oxygen atoms in total. The van der Waals surface area contributed by atoms with Gasteiger partial charge in [0.2, 0.25) is 53.2 Å². The smallest absolute Gasteiger partial charge is 0.407 e. The van der Waals surface area contributed by atoms with Crippen LogP contribution in [0.15, 0.2) is 140 Å². The topological polar surface area (TPSA) is 294 Å². The Morgan fingerprint density at radius 2 is 0.827 bits per heavy atom. The third kappa shape index (κ3) is 18.2. The summed E-state index contributed by atoms with van der Waals surface area (Å²) in [6.07, 6.45) is 5.50. The van der Waals surface area contributed by atoms with Gasteiger partial charge >= 0.3 is 6.09 Å². The fourth-order valence-electron chi connectivity index (χ4n) is 12.9. The lowest BCUT2D eigenvalue weighted by Gasteiger charge is -2.30. The molecule has 0 aliphatic carbocycles. The normalized spacial score (nSPS) is 17.8. The van der Waals surface area contributed by atoms with Crippen LogP contribution in [0.2, 0.25) is 0 Å². The summed E-state index contributed by atoms with van der Waals surface area (Å²) >= 11 is 0. The molecular weight excluding hydrogens is 1250 g/mol. The molecule has 11 amide bonds. The first-order valence-corrected chi connectivity index (χ1v) is 33.9. The van der Waals surface area contributed by atoms with Gasteiger partial charge in [-0.15, -0.1) is 0 Å². The van der Waals surface area contributed by atoms with Crippen molar-refractivity contribution in [2.45, 2.75) is 148 Å². The van der Waals surface area contributed by atoms with Crippen LogP contribution >= 0.6 is 0 Å². The molecule has 4 saturated heterocycles. The number of methoxy groups -OCH3 is 1. The first kappa shape index (κ1) is 71.8. The van der Waals surface area contributed by atoms with Gasteiger partial charge in [0.25, 0.3) is 5.91 Å². The van der Waals surface area contributed by atoms with Gasteiger partial charge in [0.15, 0.2) is 0 Å². The van der Waals surface area contributed by atoms with Gasteiger partial charge < -0.3 is 61.6 Å². The van der Waals surface area contributed by atoms with Crippen LogP contribution in [0, 0.1) is 11.8 Å². The van der Waals surface area contributed by atoms with Crippen LogP contribution in [0.1, 0.15) is 122 Å².